The van der Waals surface area contributed by atoms with Gasteiger partial charge in [-0.05, 0) is 48.2 Å². The second-order valence-corrected chi connectivity index (χ2v) is 8.42. The van der Waals surface area contributed by atoms with Gasteiger partial charge < -0.3 is 9.47 Å². The Morgan fingerprint density at radius 2 is 2.00 bits per heavy atom. The van der Waals surface area contributed by atoms with Crippen molar-refractivity contribution in [2.45, 2.75) is 30.2 Å². The fourth-order valence-corrected chi connectivity index (χ4v) is 4.35. The predicted octanol–water partition coefficient (Wildman–Crippen LogP) is 2.73. The standard InChI is InChI=1S/C19H20ClNO5S/c1-25-18(22)10-5-13-3-2-4-14-11-16(12-26-19(13)14)21-27(23,24)17-8-6-15(20)7-9-17/h2-4,6-9,16,21H,5,10-12H2,1H3. The molecule has 27 heavy (non-hydrogen) atoms. The van der Waals surface area contributed by atoms with Gasteiger partial charge in [0.2, 0.25) is 10.0 Å². The number of carbonyl (C=O) groups excluding carboxylic acids is 1. The van der Waals surface area contributed by atoms with Crippen LogP contribution in [0.3, 0.4) is 0 Å². The Balaban J connectivity index is 1.71. The van der Waals surface area contributed by atoms with Crippen molar-refractivity contribution in [3.8, 4) is 5.75 Å². The largest absolute Gasteiger partial charge is 0.491 e. The summed E-state index contributed by atoms with van der Waals surface area (Å²) >= 11 is 5.81. The molecule has 1 aliphatic heterocycles. The minimum Gasteiger partial charge on any atom is -0.491 e. The number of sulfonamides is 1. The number of fused-ring (bicyclic) bond motifs is 1. The van der Waals surface area contributed by atoms with E-state index in [1.165, 1.54) is 31.4 Å². The minimum absolute atomic E-state index is 0.157. The molecule has 0 aromatic heterocycles. The Kier molecular flexibility index (Phi) is 6.04. The van der Waals surface area contributed by atoms with Gasteiger partial charge in [-0.15, -0.1) is 0 Å². The van der Waals surface area contributed by atoms with Gasteiger partial charge in [0.1, 0.15) is 12.4 Å². The molecule has 6 nitrogen and oxygen atoms in total. The summed E-state index contributed by atoms with van der Waals surface area (Å²) in [5.74, 6) is 0.445. The second-order valence-electron chi connectivity index (χ2n) is 6.27. The number of ether oxygens (including phenoxy) is 2. The summed E-state index contributed by atoms with van der Waals surface area (Å²) in [6.45, 7) is 0.217. The lowest BCUT2D eigenvalue weighted by Crippen LogP contribution is -2.42. The first-order valence-electron chi connectivity index (χ1n) is 8.47. The highest BCUT2D eigenvalue weighted by Crippen LogP contribution is 2.30. The van der Waals surface area contributed by atoms with Gasteiger partial charge in [0, 0.05) is 11.4 Å². The normalized spacial score (nSPS) is 16.3. The molecule has 2 aromatic carbocycles. The maximum atomic E-state index is 12.5. The summed E-state index contributed by atoms with van der Waals surface area (Å²) in [4.78, 5) is 11.5. The van der Waals surface area contributed by atoms with Gasteiger partial charge in [-0.25, -0.2) is 13.1 Å². The molecule has 0 fully saturated rings. The van der Waals surface area contributed by atoms with Crippen molar-refractivity contribution in [2.75, 3.05) is 13.7 Å². The summed E-state index contributed by atoms with van der Waals surface area (Å²) in [5, 5.41) is 0.475. The highest BCUT2D eigenvalue weighted by Gasteiger charge is 2.26. The number of methoxy groups -OCH3 is 1. The molecule has 0 aliphatic carbocycles. The third-order valence-electron chi connectivity index (χ3n) is 4.35. The van der Waals surface area contributed by atoms with Crippen molar-refractivity contribution in [3.63, 3.8) is 0 Å². The molecule has 1 heterocycles. The number of rotatable bonds is 6. The average Bonchev–Trinajstić information content (AvgIpc) is 2.65. The van der Waals surface area contributed by atoms with Crippen LogP contribution >= 0.6 is 11.6 Å². The first-order chi connectivity index (χ1) is 12.9. The van der Waals surface area contributed by atoms with E-state index in [1.54, 1.807) is 0 Å². The van der Waals surface area contributed by atoms with E-state index >= 15 is 0 Å². The van der Waals surface area contributed by atoms with E-state index in [-0.39, 0.29) is 29.9 Å². The predicted molar refractivity (Wildman–Crippen MR) is 102 cm³/mol. The molecule has 0 saturated heterocycles. The van der Waals surface area contributed by atoms with Crippen LogP contribution in [0.1, 0.15) is 17.5 Å². The number of aryl methyl sites for hydroxylation is 1. The van der Waals surface area contributed by atoms with Crippen molar-refractivity contribution < 1.29 is 22.7 Å². The zero-order valence-corrected chi connectivity index (χ0v) is 16.3. The highest BCUT2D eigenvalue weighted by molar-refractivity contribution is 7.89. The van der Waals surface area contributed by atoms with E-state index in [4.69, 9.17) is 16.3 Å². The molecule has 1 aliphatic rings. The van der Waals surface area contributed by atoms with Gasteiger partial charge in [-0.2, -0.15) is 0 Å². The molecule has 0 amide bonds. The molecule has 2 aromatic rings. The van der Waals surface area contributed by atoms with Crippen LogP contribution < -0.4 is 9.46 Å². The zero-order valence-electron chi connectivity index (χ0n) is 14.8. The van der Waals surface area contributed by atoms with E-state index in [2.05, 4.69) is 9.46 Å². The summed E-state index contributed by atoms with van der Waals surface area (Å²) in [7, 11) is -2.31. The highest BCUT2D eigenvalue weighted by atomic mass is 35.5. The molecular weight excluding hydrogens is 390 g/mol. The third kappa shape index (κ3) is 4.80. The summed E-state index contributed by atoms with van der Waals surface area (Å²) < 4.78 is 38.3. The Labute approximate surface area is 163 Å². The Hall–Kier alpha value is -2.09. The zero-order chi connectivity index (χ0) is 19.4. The van der Waals surface area contributed by atoms with Crippen LogP contribution in [0.15, 0.2) is 47.4 Å². The lowest BCUT2D eigenvalue weighted by Gasteiger charge is -2.27. The Morgan fingerprint density at radius 3 is 2.70 bits per heavy atom. The molecule has 1 N–H and O–H groups in total. The SMILES string of the molecule is COC(=O)CCc1cccc2c1OCC(NS(=O)(=O)c1ccc(Cl)cc1)C2. The molecule has 0 spiro atoms. The molecule has 1 unspecified atom stereocenters. The molecular formula is C19H20ClNO5S. The van der Waals surface area contributed by atoms with Gasteiger partial charge in [0.05, 0.1) is 18.0 Å². The molecule has 0 radical (unpaired) electrons. The fraction of sp³-hybridized carbons (Fsp3) is 0.316. The summed E-state index contributed by atoms with van der Waals surface area (Å²) in [5.41, 5.74) is 1.82. The number of halogens is 1. The van der Waals surface area contributed by atoms with Crippen LogP contribution in [0.25, 0.3) is 0 Å². The number of hydrogen-bond acceptors (Lipinski definition) is 5. The lowest BCUT2D eigenvalue weighted by atomic mass is 9.98. The van der Waals surface area contributed by atoms with Crippen LogP contribution in [-0.2, 0) is 32.4 Å². The van der Waals surface area contributed by atoms with E-state index in [9.17, 15) is 13.2 Å². The molecule has 1 atom stereocenters. The first-order valence-corrected chi connectivity index (χ1v) is 10.3. The monoisotopic (exact) mass is 409 g/mol. The Morgan fingerprint density at radius 1 is 1.26 bits per heavy atom. The quantitative estimate of drug-likeness (QED) is 0.742. The van der Waals surface area contributed by atoms with E-state index in [1.807, 2.05) is 18.2 Å². The van der Waals surface area contributed by atoms with Crippen LogP contribution in [0.2, 0.25) is 5.02 Å². The summed E-state index contributed by atoms with van der Waals surface area (Å²) in [6, 6.07) is 11.3. The van der Waals surface area contributed by atoms with E-state index < -0.39 is 10.0 Å². The van der Waals surface area contributed by atoms with E-state index in [0.29, 0.717) is 17.9 Å². The van der Waals surface area contributed by atoms with Crippen molar-refractivity contribution >= 4 is 27.6 Å². The van der Waals surface area contributed by atoms with Crippen molar-refractivity contribution in [2.24, 2.45) is 0 Å². The van der Waals surface area contributed by atoms with Gasteiger partial charge in [-0.3, -0.25) is 4.79 Å². The van der Waals surface area contributed by atoms with Crippen LogP contribution in [0.4, 0.5) is 0 Å². The van der Waals surface area contributed by atoms with Crippen molar-refractivity contribution in [3.05, 3.63) is 58.6 Å². The van der Waals surface area contributed by atoms with Gasteiger partial charge >= 0.3 is 5.97 Å². The fourth-order valence-electron chi connectivity index (χ4n) is 3.01. The van der Waals surface area contributed by atoms with Crippen LogP contribution in [0, 0.1) is 0 Å². The topological polar surface area (TPSA) is 81.7 Å². The van der Waals surface area contributed by atoms with Gasteiger partial charge in [0.25, 0.3) is 0 Å². The smallest absolute Gasteiger partial charge is 0.305 e. The van der Waals surface area contributed by atoms with Crippen molar-refractivity contribution in [1.29, 1.82) is 0 Å². The number of hydrogen-bond donors (Lipinski definition) is 1. The third-order valence-corrected chi connectivity index (χ3v) is 6.13. The Bertz CT molecular complexity index is 928. The molecule has 3 rings (SSSR count). The van der Waals surface area contributed by atoms with Crippen LogP contribution in [-0.4, -0.2) is 34.1 Å². The van der Waals surface area contributed by atoms with Crippen molar-refractivity contribution in [1.82, 2.24) is 4.72 Å². The summed E-state index contributed by atoms with van der Waals surface area (Å²) in [6.07, 6.45) is 1.29. The molecule has 144 valence electrons. The van der Waals surface area contributed by atoms with E-state index in [0.717, 1.165) is 16.9 Å². The number of nitrogens with one attached hydrogen (secondary N) is 1. The molecule has 0 saturated carbocycles. The maximum absolute atomic E-state index is 12.5. The van der Waals surface area contributed by atoms with Gasteiger partial charge in [-0.1, -0.05) is 29.8 Å². The number of para-hydroxylation sites is 1. The number of carbonyl (C=O) groups is 1. The average molecular weight is 410 g/mol. The maximum Gasteiger partial charge on any atom is 0.305 e. The molecule has 8 heteroatoms. The van der Waals surface area contributed by atoms with Gasteiger partial charge in [0.15, 0.2) is 0 Å². The second kappa shape index (κ2) is 8.29. The minimum atomic E-state index is -3.66. The number of esters is 1. The number of benzene rings is 2. The first kappa shape index (κ1) is 19.7. The molecule has 0 bridgehead atoms. The van der Waals surface area contributed by atoms with Crippen LogP contribution in [0.5, 0.6) is 5.75 Å². The lowest BCUT2D eigenvalue weighted by molar-refractivity contribution is -0.140.